The zero-order chi connectivity index (χ0) is 13.1. The van der Waals surface area contributed by atoms with E-state index in [1.807, 2.05) is 18.2 Å². The van der Waals surface area contributed by atoms with E-state index in [4.69, 9.17) is 15.2 Å². The van der Waals surface area contributed by atoms with Crippen molar-refractivity contribution in [2.45, 2.75) is 19.4 Å². The van der Waals surface area contributed by atoms with E-state index in [1.54, 1.807) is 12.0 Å². The van der Waals surface area contributed by atoms with E-state index in [1.165, 1.54) is 0 Å². The number of carbonyl (C=O) groups excluding carboxylic acids is 1. The van der Waals surface area contributed by atoms with E-state index < -0.39 is 0 Å². The number of nitrogens with zero attached hydrogens (tertiary/aromatic N) is 1. The minimum Gasteiger partial charge on any atom is -0.495 e. The molecule has 1 heterocycles. The first kappa shape index (κ1) is 12.7. The number of anilines is 1. The molecule has 1 aliphatic heterocycles. The molecule has 0 spiro atoms. The van der Waals surface area contributed by atoms with Gasteiger partial charge in [0.25, 0.3) is 0 Å². The summed E-state index contributed by atoms with van der Waals surface area (Å²) in [5.74, 6) is 0.668. The predicted octanol–water partition coefficient (Wildman–Crippen LogP) is 1.54. The highest BCUT2D eigenvalue weighted by Crippen LogP contribution is 2.32. The molecule has 0 aromatic heterocycles. The van der Waals surface area contributed by atoms with Crippen LogP contribution in [-0.4, -0.2) is 32.4 Å². The van der Waals surface area contributed by atoms with Crippen LogP contribution in [0.1, 0.15) is 12.5 Å². The minimum atomic E-state index is -0.364. The molecule has 5 nitrogen and oxygen atoms in total. The maximum absolute atomic E-state index is 11.8. The monoisotopic (exact) mass is 250 g/mol. The van der Waals surface area contributed by atoms with Crippen molar-refractivity contribution < 1.29 is 14.3 Å². The topological polar surface area (TPSA) is 64.8 Å². The van der Waals surface area contributed by atoms with Crippen LogP contribution < -0.4 is 15.4 Å². The van der Waals surface area contributed by atoms with Crippen molar-refractivity contribution >= 4 is 11.8 Å². The van der Waals surface area contributed by atoms with Gasteiger partial charge >= 0.3 is 6.09 Å². The number of hydrogen-bond donors (Lipinski definition) is 1. The molecular weight excluding hydrogens is 232 g/mol. The quantitative estimate of drug-likeness (QED) is 0.880. The van der Waals surface area contributed by atoms with Crippen LogP contribution >= 0.6 is 0 Å². The lowest BCUT2D eigenvalue weighted by Gasteiger charge is -2.17. The van der Waals surface area contributed by atoms with Gasteiger partial charge in [0.1, 0.15) is 11.9 Å². The average Bonchev–Trinajstić information content (AvgIpc) is 2.79. The van der Waals surface area contributed by atoms with Gasteiger partial charge in [-0.1, -0.05) is 13.0 Å². The third-order valence-corrected chi connectivity index (χ3v) is 3.08. The first-order valence-electron chi connectivity index (χ1n) is 6.04. The standard InChI is InChI=1S/C13H18N2O3/c1-3-9-4-5-12(17-2)11(6-9)15-8-10(7-14)18-13(15)16/h4-6,10H,3,7-8,14H2,1-2H3. The van der Waals surface area contributed by atoms with Crippen molar-refractivity contribution in [2.24, 2.45) is 5.73 Å². The summed E-state index contributed by atoms with van der Waals surface area (Å²) >= 11 is 0. The van der Waals surface area contributed by atoms with Crippen LogP contribution in [0.5, 0.6) is 5.75 Å². The Bertz CT molecular complexity index is 448. The van der Waals surface area contributed by atoms with E-state index >= 15 is 0 Å². The van der Waals surface area contributed by atoms with E-state index in [0.717, 1.165) is 17.7 Å². The third-order valence-electron chi connectivity index (χ3n) is 3.08. The lowest BCUT2D eigenvalue weighted by atomic mass is 10.1. The third kappa shape index (κ3) is 2.26. The maximum Gasteiger partial charge on any atom is 0.414 e. The fourth-order valence-corrected chi connectivity index (χ4v) is 2.01. The zero-order valence-electron chi connectivity index (χ0n) is 10.7. The molecule has 0 saturated carbocycles. The normalized spacial score (nSPS) is 18.9. The fraction of sp³-hybridized carbons (Fsp3) is 0.462. The van der Waals surface area contributed by atoms with Crippen molar-refractivity contribution in [3.63, 3.8) is 0 Å². The van der Waals surface area contributed by atoms with Gasteiger partial charge in [-0.25, -0.2) is 4.79 Å². The van der Waals surface area contributed by atoms with Crippen molar-refractivity contribution in [1.29, 1.82) is 0 Å². The predicted molar refractivity (Wildman–Crippen MR) is 69.0 cm³/mol. The number of carbonyl (C=O) groups is 1. The number of ether oxygens (including phenoxy) is 2. The number of hydrogen-bond acceptors (Lipinski definition) is 4. The summed E-state index contributed by atoms with van der Waals surface area (Å²) in [6, 6.07) is 5.82. The number of methoxy groups -OCH3 is 1. The summed E-state index contributed by atoms with van der Waals surface area (Å²) in [5, 5.41) is 0. The minimum absolute atomic E-state index is 0.243. The van der Waals surface area contributed by atoms with Gasteiger partial charge < -0.3 is 15.2 Å². The Kier molecular flexibility index (Phi) is 3.72. The molecule has 1 unspecified atom stereocenters. The Hall–Kier alpha value is -1.75. The second kappa shape index (κ2) is 5.27. The van der Waals surface area contributed by atoms with Crippen molar-refractivity contribution in [1.82, 2.24) is 0 Å². The first-order chi connectivity index (χ1) is 8.69. The van der Waals surface area contributed by atoms with Crippen LogP contribution in [0.2, 0.25) is 0 Å². The molecule has 1 aliphatic rings. The molecule has 0 bridgehead atoms. The van der Waals surface area contributed by atoms with Gasteiger partial charge in [-0.05, 0) is 24.1 Å². The van der Waals surface area contributed by atoms with E-state index in [0.29, 0.717) is 18.8 Å². The summed E-state index contributed by atoms with van der Waals surface area (Å²) in [6.45, 7) is 2.87. The van der Waals surface area contributed by atoms with Crippen LogP contribution in [0, 0.1) is 0 Å². The van der Waals surface area contributed by atoms with Crippen molar-refractivity contribution in [2.75, 3.05) is 25.1 Å². The molecule has 0 aliphatic carbocycles. The number of cyclic esters (lactones) is 1. The molecule has 5 heteroatoms. The summed E-state index contributed by atoms with van der Waals surface area (Å²) in [7, 11) is 1.59. The zero-order valence-corrected chi connectivity index (χ0v) is 10.7. The number of amides is 1. The number of rotatable bonds is 4. The van der Waals surface area contributed by atoms with Crippen molar-refractivity contribution in [3.05, 3.63) is 23.8 Å². The molecule has 1 aromatic carbocycles. The molecule has 1 saturated heterocycles. The van der Waals surface area contributed by atoms with E-state index in [2.05, 4.69) is 6.92 Å². The Morgan fingerprint density at radius 1 is 1.56 bits per heavy atom. The highest BCUT2D eigenvalue weighted by molar-refractivity contribution is 5.91. The molecule has 98 valence electrons. The Morgan fingerprint density at radius 3 is 2.89 bits per heavy atom. The van der Waals surface area contributed by atoms with Gasteiger partial charge in [0, 0.05) is 6.54 Å². The van der Waals surface area contributed by atoms with Crippen molar-refractivity contribution in [3.8, 4) is 5.75 Å². The van der Waals surface area contributed by atoms with Crippen LogP contribution in [0.3, 0.4) is 0 Å². The van der Waals surface area contributed by atoms with Gasteiger partial charge in [0.2, 0.25) is 0 Å². The molecule has 2 N–H and O–H groups in total. The molecule has 1 aromatic rings. The number of benzene rings is 1. The summed E-state index contributed by atoms with van der Waals surface area (Å²) in [6.07, 6.45) is 0.296. The highest BCUT2D eigenvalue weighted by Gasteiger charge is 2.33. The number of nitrogens with two attached hydrogens (primary N) is 1. The van der Waals surface area contributed by atoms with Crippen LogP contribution in [0.4, 0.5) is 10.5 Å². The van der Waals surface area contributed by atoms with Gasteiger partial charge in [0.15, 0.2) is 0 Å². The molecular formula is C13H18N2O3. The van der Waals surface area contributed by atoms with Gasteiger partial charge in [-0.15, -0.1) is 0 Å². The molecule has 0 radical (unpaired) electrons. The molecule has 1 fully saturated rings. The van der Waals surface area contributed by atoms with Gasteiger partial charge in [0.05, 0.1) is 19.3 Å². The lowest BCUT2D eigenvalue weighted by molar-refractivity contribution is 0.145. The molecule has 18 heavy (non-hydrogen) atoms. The first-order valence-corrected chi connectivity index (χ1v) is 6.04. The Morgan fingerprint density at radius 2 is 2.33 bits per heavy atom. The number of aryl methyl sites for hydroxylation is 1. The average molecular weight is 250 g/mol. The summed E-state index contributed by atoms with van der Waals surface area (Å²) in [4.78, 5) is 13.4. The summed E-state index contributed by atoms with van der Waals surface area (Å²) < 4.78 is 10.5. The largest absolute Gasteiger partial charge is 0.495 e. The van der Waals surface area contributed by atoms with Crippen LogP contribution in [-0.2, 0) is 11.2 Å². The fourth-order valence-electron chi connectivity index (χ4n) is 2.01. The molecule has 1 amide bonds. The second-order valence-electron chi connectivity index (χ2n) is 4.21. The smallest absolute Gasteiger partial charge is 0.414 e. The van der Waals surface area contributed by atoms with E-state index in [-0.39, 0.29) is 12.2 Å². The highest BCUT2D eigenvalue weighted by atomic mass is 16.6. The summed E-state index contributed by atoms with van der Waals surface area (Å²) in [5.41, 5.74) is 7.42. The van der Waals surface area contributed by atoms with Gasteiger partial charge in [-0.3, -0.25) is 4.90 Å². The maximum atomic E-state index is 11.8. The second-order valence-corrected chi connectivity index (χ2v) is 4.21. The van der Waals surface area contributed by atoms with Crippen LogP contribution in [0.25, 0.3) is 0 Å². The van der Waals surface area contributed by atoms with Gasteiger partial charge in [-0.2, -0.15) is 0 Å². The Labute approximate surface area is 106 Å². The lowest BCUT2D eigenvalue weighted by Crippen LogP contribution is -2.27. The van der Waals surface area contributed by atoms with Crippen LogP contribution in [0.15, 0.2) is 18.2 Å². The SMILES string of the molecule is CCc1ccc(OC)c(N2CC(CN)OC2=O)c1. The molecule has 1 atom stereocenters. The van der Waals surface area contributed by atoms with E-state index in [9.17, 15) is 4.79 Å². The molecule has 2 rings (SSSR count). The Balaban J connectivity index is 2.34.